The molecule has 0 saturated heterocycles. The van der Waals surface area contributed by atoms with Crippen molar-refractivity contribution in [1.29, 1.82) is 0 Å². The summed E-state index contributed by atoms with van der Waals surface area (Å²) in [5, 5.41) is 15.0. The molecular weight excluding hydrogens is 270 g/mol. The van der Waals surface area contributed by atoms with Gasteiger partial charge in [0, 0.05) is 11.1 Å². The summed E-state index contributed by atoms with van der Waals surface area (Å²) in [7, 11) is 0. The summed E-state index contributed by atoms with van der Waals surface area (Å²) in [5.41, 5.74) is 4.38. The second-order valence-electron chi connectivity index (χ2n) is 5.15. The van der Waals surface area contributed by atoms with Crippen molar-refractivity contribution in [3.05, 3.63) is 56.3 Å². The fraction of sp³-hybridized carbons (Fsp3) is 0.333. The van der Waals surface area contributed by atoms with Crippen molar-refractivity contribution >= 4 is 11.6 Å². The number of nitro groups is 1. The first-order valence-electron chi connectivity index (χ1n) is 6.59. The van der Waals surface area contributed by atoms with Crippen molar-refractivity contribution in [3.63, 3.8) is 0 Å². The molecule has 0 spiro atoms. The lowest BCUT2D eigenvalue weighted by molar-refractivity contribution is -0.392. The highest BCUT2D eigenvalue weighted by Crippen LogP contribution is 2.24. The van der Waals surface area contributed by atoms with Gasteiger partial charge in [-0.1, -0.05) is 11.2 Å². The minimum Gasteiger partial charge on any atom is -0.358 e. The van der Waals surface area contributed by atoms with Gasteiger partial charge in [-0.05, 0) is 49.3 Å². The molecule has 1 aromatic carbocycles. The number of benzene rings is 1. The summed E-state index contributed by atoms with van der Waals surface area (Å²) in [6.45, 7) is 7.53. The molecule has 2 aromatic rings. The average Bonchev–Trinajstić information content (AvgIpc) is 2.81. The molecule has 6 heteroatoms. The monoisotopic (exact) mass is 287 g/mol. The highest BCUT2D eigenvalue weighted by molar-refractivity contribution is 5.97. The second-order valence-corrected chi connectivity index (χ2v) is 5.15. The van der Waals surface area contributed by atoms with Gasteiger partial charge in [0.25, 0.3) is 0 Å². The molecule has 1 aromatic heterocycles. The van der Waals surface area contributed by atoms with Gasteiger partial charge in [-0.25, -0.2) is 0 Å². The van der Waals surface area contributed by atoms with Crippen molar-refractivity contribution in [1.82, 2.24) is 9.78 Å². The van der Waals surface area contributed by atoms with Gasteiger partial charge >= 0.3 is 5.82 Å². The normalized spacial score (nSPS) is 10.7. The van der Waals surface area contributed by atoms with Crippen LogP contribution >= 0.6 is 0 Å². The van der Waals surface area contributed by atoms with Crippen molar-refractivity contribution in [2.24, 2.45) is 0 Å². The predicted molar refractivity (Wildman–Crippen MR) is 78.6 cm³/mol. The van der Waals surface area contributed by atoms with Gasteiger partial charge in [-0.3, -0.25) is 4.79 Å². The van der Waals surface area contributed by atoms with Gasteiger partial charge in [-0.15, -0.1) is 4.68 Å². The quantitative estimate of drug-likeness (QED) is 0.492. The van der Waals surface area contributed by atoms with Crippen molar-refractivity contribution in [3.8, 4) is 0 Å². The largest absolute Gasteiger partial charge is 0.358 e. The topological polar surface area (TPSA) is 78.0 Å². The highest BCUT2D eigenvalue weighted by Gasteiger charge is 2.19. The first-order valence-corrected chi connectivity index (χ1v) is 6.59. The van der Waals surface area contributed by atoms with Crippen molar-refractivity contribution < 1.29 is 9.72 Å². The molecule has 2 rings (SSSR count). The summed E-state index contributed by atoms with van der Waals surface area (Å²) in [6, 6.07) is 3.30. The molecular formula is C15H17N3O3. The Kier molecular flexibility index (Phi) is 3.88. The summed E-state index contributed by atoms with van der Waals surface area (Å²) in [4.78, 5) is 22.3. The van der Waals surface area contributed by atoms with Crippen LogP contribution in [0.25, 0.3) is 0 Å². The fourth-order valence-corrected chi connectivity index (χ4v) is 2.76. The molecule has 0 saturated carbocycles. The molecule has 6 nitrogen and oxygen atoms in total. The Bertz CT molecular complexity index is 732. The van der Waals surface area contributed by atoms with Gasteiger partial charge in [-0.2, -0.15) is 0 Å². The molecule has 0 unspecified atom stereocenters. The van der Waals surface area contributed by atoms with Gasteiger partial charge in [0.15, 0.2) is 5.78 Å². The SMILES string of the molecule is CC(=O)c1c(C)cc(C)c(Cn2nccc2[N+](=O)[O-])c1C. The van der Waals surface area contributed by atoms with Crippen LogP contribution in [0.1, 0.15) is 39.5 Å². The van der Waals surface area contributed by atoms with E-state index in [1.54, 1.807) is 0 Å². The Morgan fingerprint density at radius 3 is 2.57 bits per heavy atom. The maximum absolute atomic E-state index is 11.8. The fourth-order valence-electron chi connectivity index (χ4n) is 2.76. The first kappa shape index (κ1) is 14.9. The molecule has 1 heterocycles. The van der Waals surface area contributed by atoms with E-state index in [9.17, 15) is 14.9 Å². The number of ketones is 1. The van der Waals surface area contributed by atoms with E-state index in [1.807, 2.05) is 26.8 Å². The Hall–Kier alpha value is -2.50. The van der Waals surface area contributed by atoms with E-state index < -0.39 is 4.92 Å². The van der Waals surface area contributed by atoms with Crippen molar-refractivity contribution in [2.45, 2.75) is 34.2 Å². The maximum atomic E-state index is 11.8. The lowest BCUT2D eigenvalue weighted by Crippen LogP contribution is -2.11. The standard InChI is InChI=1S/C15H17N3O3/c1-9-7-10(2)15(12(4)19)11(3)13(9)8-17-14(18(20)21)5-6-16-17/h5-7H,8H2,1-4H3. The highest BCUT2D eigenvalue weighted by atomic mass is 16.6. The molecule has 110 valence electrons. The van der Waals surface area contributed by atoms with E-state index in [2.05, 4.69) is 5.10 Å². The number of aryl methyl sites for hydroxylation is 2. The van der Waals surface area contributed by atoms with Gasteiger partial charge < -0.3 is 10.1 Å². The third-order valence-electron chi connectivity index (χ3n) is 3.67. The maximum Gasteiger partial charge on any atom is 0.345 e. The first-order chi connectivity index (χ1) is 9.82. The van der Waals surface area contributed by atoms with Crippen LogP contribution in [0.15, 0.2) is 18.3 Å². The molecule has 0 bridgehead atoms. The van der Waals surface area contributed by atoms with Crippen LogP contribution in [-0.2, 0) is 6.54 Å². The van der Waals surface area contributed by atoms with E-state index in [-0.39, 0.29) is 18.1 Å². The summed E-state index contributed by atoms with van der Waals surface area (Å²) >= 11 is 0. The molecule has 0 radical (unpaired) electrons. The van der Waals surface area contributed by atoms with E-state index >= 15 is 0 Å². The van der Waals surface area contributed by atoms with Gasteiger partial charge in [0.1, 0.15) is 6.54 Å². The van der Waals surface area contributed by atoms with E-state index in [1.165, 1.54) is 23.9 Å². The van der Waals surface area contributed by atoms with Crippen LogP contribution < -0.4 is 0 Å². The molecule has 0 fully saturated rings. The Morgan fingerprint density at radius 1 is 1.33 bits per heavy atom. The van der Waals surface area contributed by atoms with Gasteiger partial charge in [0.05, 0.1) is 12.3 Å². The number of nitrogens with zero attached hydrogens (tertiary/aromatic N) is 3. The zero-order valence-electron chi connectivity index (χ0n) is 12.5. The average molecular weight is 287 g/mol. The Morgan fingerprint density at radius 2 is 2.00 bits per heavy atom. The number of aromatic nitrogens is 2. The Balaban J connectivity index is 2.54. The second kappa shape index (κ2) is 5.47. The van der Waals surface area contributed by atoms with Crippen LogP contribution in [0.2, 0.25) is 0 Å². The lowest BCUT2D eigenvalue weighted by atomic mass is 9.91. The molecule has 0 aliphatic heterocycles. The zero-order valence-corrected chi connectivity index (χ0v) is 12.5. The lowest BCUT2D eigenvalue weighted by Gasteiger charge is -2.14. The molecule has 21 heavy (non-hydrogen) atoms. The van der Waals surface area contributed by atoms with E-state index in [0.717, 1.165) is 22.3 Å². The molecule has 0 aliphatic carbocycles. The predicted octanol–water partition coefficient (Wildman–Crippen LogP) is 2.97. The summed E-state index contributed by atoms with van der Waals surface area (Å²) in [6.07, 6.45) is 1.41. The number of carbonyl (C=O) groups excluding carboxylic acids is 1. The minimum atomic E-state index is -0.461. The zero-order chi connectivity index (χ0) is 15.7. The van der Waals surface area contributed by atoms with Crippen LogP contribution in [0.5, 0.6) is 0 Å². The number of hydrogen-bond acceptors (Lipinski definition) is 4. The minimum absolute atomic E-state index is 0.00113. The van der Waals surface area contributed by atoms with Gasteiger partial charge in [0.2, 0.25) is 0 Å². The summed E-state index contributed by atoms with van der Waals surface area (Å²) < 4.78 is 1.34. The Labute approximate surface area is 122 Å². The van der Waals surface area contributed by atoms with Crippen LogP contribution in [0.3, 0.4) is 0 Å². The number of rotatable bonds is 4. The number of Topliss-reactive ketones (excluding diaryl/α,β-unsaturated/α-hetero) is 1. The third kappa shape index (κ3) is 2.69. The number of hydrogen-bond donors (Lipinski definition) is 0. The molecule has 0 atom stereocenters. The molecule has 0 aliphatic rings. The molecule has 0 amide bonds. The molecule has 0 N–H and O–H groups in total. The van der Waals surface area contributed by atoms with Crippen molar-refractivity contribution in [2.75, 3.05) is 0 Å². The van der Waals surface area contributed by atoms with Crippen LogP contribution in [-0.4, -0.2) is 20.5 Å². The van der Waals surface area contributed by atoms with E-state index in [4.69, 9.17) is 0 Å². The third-order valence-corrected chi connectivity index (χ3v) is 3.67. The van der Waals surface area contributed by atoms with Crippen LogP contribution in [0, 0.1) is 30.9 Å². The smallest absolute Gasteiger partial charge is 0.345 e. The van der Waals surface area contributed by atoms with E-state index in [0.29, 0.717) is 5.56 Å². The number of carbonyl (C=O) groups is 1. The summed E-state index contributed by atoms with van der Waals surface area (Å²) in [5.74, 6) is -0.0556. The van der Waals surface area contributed by atoms with Crippen LogP contribution in [0.4, 0.5) is 5.82 Å².